The number of benzene rings is 1. The maximum atomic E-state index is 12.3. The van der Waals surface area contributed by atoms with E-state index in [1.165, 1.54) is 6.20 Å². The van der Waals surface area contributed by atoms with Gasteiger partial charge >= 0.3 is 5.97 Å². The molecular weight excluding hydrogens is 364 g/mol. The molecule has 0 bridgehead atoms. The first-order chi connectivity index (χ1) is 13.1. The summed E-state index contributed by atoms with van der Waals surface area (Å²) in [6.07, 6.45) is 6.92. The van der Waals surface area contributed by atoms with E-state index in [4.69, 9.17) is 16.3 Å². The minimum absolute atomic E-state index is 0.107. The second-order valence-electron chi connectivity index (χ2n) is 6.25. The Morgan fingerprint density at radius 2 is 2.04 bits per heavy atom. The Kier molecular flexibility index (Phi) is 4.64. The number of esters is 1. The molecule has 3 aromatic heterocycles. The Balaban J connectivity index is 1.42. The summed E-state index contributed by atoms with van der Waals surface area (Å²) in [5.74, 6) is -0.436. The standard InChI is InChI=1S/C20H17ClN4O2/c1-14-5-4-8-24-12-17(23-19(14)24)13-27-20(26)16-9-22-25(11-16)10-15-6-2-3-7-18(15)21/h2-9,11-12H,10,13H2,1H3. The van der Waals surface area contributed by atoms with Crippen LogP contribution in [0.5, 0.6) is 0 Å². The molecule has 3 heterocycles. The second kappa shape index (κ2) is 7.25. The molecule has 0 aliphatic heterocycles. The van der Waals surface area contributed by atoms with Crippen LogP contribution in [-0.2, 0) is 17.9 Å². The van der Waals surface area contributed by atoms with Crippen LogP contribution in [-0.4, -0.2) is 25.1 Å². The maximum Gasteiger partial charge on any atom is 0.341 e. The number of aryl methyl sites for hydroxylation is 1. The molecule has 0 spiro atoms. The van der Waals surface area contributed by atoms with Gasteiger partial charge < -0.3 is 9.14 Å². The molecule has 0 N–H and O–H groups in total. The molecule has 27 heavy (non-hydrogen) atoms. The van der Waals surface area contributed by atoms with Gasteiger partial charge in [-0.1, -0.05) is 35.9 Å². The number of rotatable bonds is 5. The summed E-state index contributed by atoms with van der Waals surface area (Å²) in [5, 5.41) is 4.88. The van der Waals surface area contributed by atoms with E-state index >= 15 is 0 Å². The Hall–Kier alpha value is -3.12. The molecule has 0 fully saturated rings. The highest BCUT2D eigenvalue weighted by atomic mass is 35.5. The maximum absolute atomic E-state index is 12.3. The van der Waals surface area contributed by atoms with Crippen LogP contribution < -0.4 is 0 Å². The lowest BCUT2D eigenvalue weighted by atomic mass is 10.2. The lowest BCUT2D eigenvalue weighted by Gasteiger charge is -2.03. The molecule has 1 aromatic carbocycles. The molecule has 0 atom stereocenters. The van der Waals surface area contributed by atoms with Crippen molar-refractivity contribution >= 4 is 23.2 Å². The summed E-state index contributed by atoms with van der Waals surface area (Å²) in [6, 6.07) is 11.5. The number of carbonyl (C=O) groups excluding carboxylic acids is 1. The van der Waals surface area contributed by atoms with Crippen LogP contribution in [0.2, 0.25) is 5.02 Å². The van der Waals surface area contributed by atoms with Crippen molar-refractivity contribution in [1.29, 1.82) is 0 Å². The van der Waals surface area contributed by atoms with E-state index in [9.17, 15) is 4.79 Å². The Morgan fingerprint density at radius 1 is 1.19 bits per heavy atom. The molecule has 7 heteroatoms. The highest BCUT2D eigenvalue weighted by Gasteiger charge is 2.13. The number of aromatic nitrogens is 4. The van der Waals surface area contributed by atoms with Crippen LogP contribution in [0.15, 0.2) is 61.2 Å². The van der Waals surface area contributed by atoms with E-state index in [0.29, 0.717) is 22.8 Å². The fourth-order valence-corrected chi connectivity index (χ4v) is 3.05. The van der Waals surface area contributed by atoms with Gasteiger partial charge in [0.2, 0.25) is 0 Å². The Bertz CT molecular complexity index is 1120. The zero-order chi connectivity index (χ0) is 18.8. The normalized spacial score (nSPS) is 11.0. The fourth-order valence-electron chi connectivity index (χ4n) is 2.85. The van der Waals surface area contributed by atoms with Crippen molar-refractivity contribution in [2.24, 2.45) is 0 Å². The molecule has 6 nitrogen and oxygen atoms in total. The van der Waals surface area contributed by atoms with Crippen molar-refractivity contribution < 1.29 is 9.53 Å². The molecule has 4 aromatic rings. The van der Waals surface area contributed by atoms with Crippen LogP contribution in [0.3, 0.4) is 0 Å². The van der Waals surface area contributed by atoms with Crippen molar-refractivity contribution in [3.8, 4) is 0 Å². The molecular formula is C20H17ClN4O2. The van der Waals surface area contributed by atoms with Gasteiger partial charge in [0.05, 0.1) is 24.0 Å². The minimum atomic E-state index is -0.436. The molecule has 0 amide bonds. The quantitative estimate of drug-likeness (QED) is 0.493. The van der Waals surface area contributed by atoms with Gasteiger partial charge in [-0.2, -0.15) is 5.10 Å². The van der Waals surface area contributed by atoms with Crippen LogP contribution in [0.1, 0.15) is 27.2 Å². The van der Waals surface area contributed by atoms with E-state index in [-0.39, 0.29) is 6.61 Å². The molecule has 0 saturated heterocycles. The SMILES string of the molecule is Cc1cccn2cc(COC(=O)c3cnn(Cc4ccccc4Cl)c3)nc12. The van der Waals surface area contributed by atoms with E-state index < -0.39 is 5.97 Å². The predicted octanol–water partition coefficient (Wildman–Crippen LogP) is 3.90. The monoisotopic (exact) mass is 380 g/mol. The van der Waals surface area contributed by atoms with E-state index in [0.717, 1.165) is 16.8 Å². The third-order valence-electron chi connectivity index (χ3n) is 4.24. The third kappa shape index (κ3) is 3.71. The van der Waals surface area contributed by atoms with Gasteiger partial charge in [0.15, 0.2) is 0 Å². The molecule has 0 radical (unpaired) electrons. The van der Waals surface area contributed by atoms with E-state index in [2.05, 4.69) is 10.1 Å². The lowest BCUT2D eigenvalue weighted by Crippen LogP contribution is -2.05. The molecule has 0 aliphatic carbocycles. The third-order valence-corrected chi connectivity index (χ3v) is 4.61. The van der Waals surface area contributed by atoms with Gasteiger partial charge in [-0.25, -0.2) is 9.78 Å². The second-order valence-corrected chi connectivity index (χ2v) is 6.66. The van der Waals surface area contributed by atoms with Crippen molar-refractivity contribution in [1.82, 2.24) is 19.2 Å². The van der Waals surface area contributed by atoms with Gasteiger partial charge in [-0.15, -0.1) is 0 Å². The van der Waals surface area contributed by atoms with Gasteiger partial charge in [0, 0.05) is 23.6 Å². The highest BCUT2D eigenvalue weighted by molar-refractivity contribution is 6.31. The van der Waals surface area contributed by atoms with E-state index in [1.54, 1.807) is 10.9 Å². The summed E-state index contributed by atoms with van der Waals surface area (Å²) >= 11 is 6.16. The largest absolute Gasteiger partial charge is 0.455 e. The Morgan fingerprint density at radius 3 is 2.85 bits per heavy atom. The van der Waals surface area contributed by atoms with Crippen molar-refractivity contribution in [2.75, 3.05) is 0 Å². The van der Waals surface area contributed by atoms with E-state index in [1.807, 2.05) is 60.1 Å². The zero-order valence-corrected chi connectivity index (χ0v) is 15.4. The first-order valence-corrected chi connectivity index (χ1v) is 8.84. The van der Waals surface area contributed by atoms with Crippen LogP contribution >= 0.6 is 11.6 Å². The van der Waals surface area contributed by atoms with Gasteiger partial charge in [-0.05, 0) is 30.2 Å². The number of halogens is 1. The van der Waals surface area contributed by atoms with Crippen LogP contribution in [0.25, 0.3) is 5.65 Å². The van der Waals surface area contributed by atoms with Crippen LogP contribution in [0, 0.1) is 6.92 Å². The molecule has 0 saturated carbocycles. The average molecular weight is 381 g/mol. The summed E-state index contributed by atoms with van der Waals surface area (Å²) in [7, 11) is 0. The first-order valence-electron chi connectivity index (χ1n) is 8.46. The summed E-state index contributed by atoms with van der Waals surface area (Å²) in [5.41, 5.74) is 3.94. The number of ether oxygens (including phenoxy) is 1. The number of fused-ring (bicyclic) bond motifs is 1. The fraction of sp³-hybridized carbons (Fsp3) is 0.150. The van der Waals surface area contributed by atoms with Crippen LogP contribution in [0.4, 0.5) is 0 Å². The number of hydrogen-bond acceptors (Lipinski definition) is 4. The number of hydrogen-bond donors (Lipinski definition) is 0. The molecule has 0 aliphatic rings. The van der Waals surface area contributed by atoms with Gasteiger partial charge in [0.1, 0.15) is 12.3 Å². The number of imidazole rings is 1. The highest BCUT2D eigenvalue weighted by Crippen LogP contribution is 2.16. The minimum Gasteiger partial charge on any atom is -0.455 e. The smallest absolute Gasteiger partial charge is 0.341 e. The summed E-state index contributed by atoms with van der Waals surface area (Å²) in [6.45, 7) is 2.58. The molecule has 136 valence electrons. The summed E-state index contributed by atoms with van der Waals surface area (Å²) < 4.78 is 8.95. The summed E-state index contributed by atoms with van der Waals surface area (Å²) in [4.78, 5) is 16.8. The predicted molar refractivity (Wildman–Crippen MR) is 102 cm³/mol. The van der Waals surface area contributed by atoms with Gasteiger partial charge in [0.25, 0.3) is 0 Å². The average Bonchev–Trinajstić information content (AvgIpc) is 3.29. The van der Waals surface area contributed by atoms with Crippen molar-refractivity contribution in [2.45, 2.75) is 20.1 Å². The molecule has 0 unspecified atom stereocenters. The van der Waals surface area contributed by atoms with Crippen molar-refractivity contribution in [3.63, 3.8) is 0 Å². The van der Waals surface area contributed by atoms with Crippen molar-refractivity contribution in [3.05, 3.63) is 88.6 Å². The Labute approximate surface area is 161 Å². The lowest BCUT2D eigenvalue weighted by molar-refractivity contribution is 0.0468. The number of nitrogens with zero attached hydrogens (tertiary/aromatic N) is 4. The number of pyridine rings is 1. The molecule has 4 rings (SSSR count). The first kappa shape index (κ1) is 17.3. The van der Waals surface area contributed by atoms with Gasteiger partial charge in [-0.3, -0.25) is 4.68 Å². The topological polar surface area (TPSA) is 61.4 Å². The zero-order valence-electron chi connectivity index (χ0n) is 14.7. The number of carbonyl (C=O) groups is 1.